The van der Waals surface area contributed by atoms with Crippen molar-refractivity contribution in [2.24, 2.45) is 11.8 Å². The lowest BCUT2D eigenvalue weighted by atomic mass is 9.77. The third-order valence-electron chi connectivity index (χ3n) is 6.38. The van der Waals surface area contributed by atoms with Crippen molar-refractivity contribution in [3.63, 3.8) is 0 Å². The first-order valence-corrected chi connectivity index (χ1v) is 9.94. The fourth-order valence-corrected chi connectivity index (χ4v) is 4.67. The Balaban J connectivity index is 2.61. The molecular weight excluding hydrogens is 376 g/mol. The summed E-state index contributed by atoms with van der Waals surface area (Å²) in [5.74, 6) is -2.64. The van der Waals surface area contributed by atoms with Crippen LogP contribution >= 0.6 is 0 Å². The van der Waals surface area contributed by atoms with Gasteiger partial charge in [-0.1, -0.05) is 13.0 Å². The summed E-state index contributed by atoms with van der Waals surface area (Å²) < 4.78 is 11.2. The number of aliphatic hydroxyl groups excluding tert-OH is 1. The van der Waals surface area contributed by atoms with Crippen molar-refractivity contribution in [3.05, 3.63) is 22.8 Å². The summed E-state index contributed by atoms with van der Waals surface area (Å²) in [5, 5.41) is 22.7. The van der Waals surface area contributed by atoms with E-state index >= 15 is 0 Å². The predicted molar refractivity (Wildman–Crippen MR) is 106 cm³/mol. The first-order valence-electron chi connectivity index (χ1n) is 9.94. The minimum Gasteiger partial charge on any atom is -0.459 e. The summed E-state index contributed by atoms with van der Waals surface area (Å²) in [5.41, 5.74) is -1.79. The Bertz CT molecular complexity index is 776. The van der Waals surface area contributed by atoms with Crippen molar-refractivity contribution >= 4 is 17.7 Å². The monoisotopic (exact) mass is 408 g/mol. The quantitative estimate of drug-likeness (QED) is 0.542. The van der Waals surface area contributed by atoms with Crippen LogP contribution in [0.2, 0.25) is 0 Å². The number of rotatable bonds is 4. The molecular formula is C22H32O7. The highest BCUT2D eigenvalue weighted by Crippen LogP contribution is 2.50. The molecule has 0 aromatic heterocycles. The first kappa shape index (κ1) is 23.3. The molecule has 0 aromatic rings. The Kier molecular flexibility index (Phi) is 6.45. The van der Waals surface area contributed by atoms with Gasteiger partial charge >= 0.3 is 11.9 Å². The molecule has 0 aliphatic heterocycles. The van der Waals surface area contributed by atoms with Gasteiger partial charge in [-0.3, -0.25) is 9.59 Å². The van der Waals surface area contributed by atoms with E-state index in [1.54, 1.807) is 47.6 Å². The number of Topliss-reactive ketones (excluding diaryl/α,β-unsaturated/α-hetero) is 1. The third-order valence-corrected chi connectivity index (χ3v) is 6.38. The van der Waals surface area contributed by atoms with E-state index in [0.717, 1.165) is 0 Å². The van der Waals surface area contributed by atoms with Crippen LogP contribution in [0.15, 0.2) is 22.8 Å². The fraction of sp³-hybridized carbons (Fsp3) is 0.682. The summed E-state index contributed by atoms with van der Waals surface area (Å²) in [7, 11) is 0. The molecule has 0 unspecified atom stereocenters. The van der Waals surface area contributed by atoms with E-state index in [1.807, 2.05) is 0 Å². The molecule has 0 bridgehead atoms. The van der Waals surface area contributed by atoms with E-state index in [1.165, 1.54) is 6.92 Å². The molecule has 0 spiro atoms. The van der Waals surface area contributed by atoms with E-state index in [0.29, 0.717) is 11.1 Å². The maximum atomic E-state index is 12.5. The molecule has 0 aromatic carbocycles. The molecule has 0 heterocycles. The molecule has 0 radical (unpaired) electrons. The highest BCUT2D eigenvalue weighted by atomic mass is 16.6. The van der Waals surface area contributed by atoms with Crippen LogP contribution in [0.3, 0.4) is 0 Å². The van der Waals surface area contributed by atoms with Crippen LogP contribution in [0.25, 0.3) is 0 Å². The van der Waals surface area contributed by atoms with Gasteiger partial charge in [-0.25, -0.2) is 4.79 Å². The van der Waals surface area contributed by atoms with Crippen LogP contribution in [-0.4, -0.2) is 51.3 Å². The van der Waals surface area contributed by atoms with Crippen LogP contribution in [0.1, 0.15) is 61.3 Å². The van der Waals surface area contributed by atoms with Gasteiger partial charge in [-0.15, -0.1) is 0 Å². The van der Waals surface area contributed by atoms with E-state index in [9.17, 15) is 24.6 Å². The Hall–Kier alpha value is -1.99. The number of ketones is 1. The number of carbonyl (C=O) groups excluding carboxylic acids is 3. The van der Waals surface area contributed by atoms with Gasteiger partial charge in [0.2, 0.25) is 0 Å². The maximum absolute atomic E-state index is 12.5. The van der Waals surface area contributed by atoms with E-state index in [4.69, 9.17) is 9.47 Å². The van der Waals surface area contributed by atoms with Gasteiger partial charge in [0.25, 0.3) is 0 Å². The number of fused-ring (bicyclic) bond motifs is 1. The molecule has 1 saturated carbocycles. The van der Waals surface area contributed by atoms with Crippen molar-refractivity contribution in [2.75, 3.05) is 0 Å². The molecule has 2 aliphatic rings. The molecule has 162 valence electrons. The van der Waals surface area contributed by atoms with E-state index < -0.39 is 47.2 Å². The van der Waals surface area contributed by atoms with Crippen LogP contribution in [-0.2, 0) is 23.9 Å². The molecule has 2 N–H and O–H groups in total. The van der Waals surface area contributed by atoms with Crippen molar-refractivity contribution in [1.29, 1.82) is 0 Å². The predicted octanol–water partition coefficient (Wildman–Crippen LogP) is 2.24. The first-order chi connectivity index (χ1) is 13.3. The largest absolute Gasteiger partial charge is 0.459 e. The number of hydrogen-bond donors (Lipinski definition) is 2. The second-order valence-corrected chi connectivity index (χ2v) is 8.78. The molecule has 29 heavy (non-hydrogen) atoms. The number of allylic oxidation sites excluding steroid dienone is 2. The lowest BCUT2D eigenvalue weighted by Crippen LogP contribution is -2.51. The molecule has 1 fully saturated rings. The molecule has 7 nitrogen and oxygen atoms in total. The number of carbonyl (C=O) groups is 3. The minimum absolute atomic E-state index is 0.123. The lowest BCUT2D eigenvalue weighted by Gasteiger charge is -2.40. The molecule has 2 aliphatic carbocycles. The summed E-state index contributed by atoms with van der Waals surface area (Å²) in [6.07, 6.45) is -0.452. The standard InChI is InChI=1S/C22H32O7/c1-8-11(2)20(26)28-16-9-12(3)22(27)10-15(24)13(4)17(22)19(25)18(16)21(6,7)29-14(5)23/h8,12,16,18-19,25,27H,9-10H2,1-7H3/b11-8-/t12-,16+,18+,19-,22+/m0/s1. The second-order valence-electron chi connectivity index (χ2n) is 8.78. The van der Waals surface area contributed by atoms with Gasteiger partial charge in [0, 0.05) is 18.9 Å². The lowest BCUT2D eigenvalue weighted by molar-refractivity contribution is -0.177. The van der Waals surface area contributed by atoms with Crippen molar-refractivity contribution < 1.29 is 34.1 Å². The molecule has 7 heteroatoms. The molecule has 2 rings (SSSR count). The van der Waals surface area contributed by atoms with Gasteiger partial charge in [0.05, 0.1) is 17.6 Å². The average molecular weight is 408 g/mol. The average Bonchev–Trinajstić information content (AvgIpc) is 2.77. The SMILES string of the molecule is C/C=C(/C)C(=O)O[C@@H]1C[C@H](C)[C@]2(O)CC(=O)C(C)=C2[C@H](O)[C@@H]1C(C)(C)OC(C)=O. The van der Waals surface area contributed by atoms with Gasteiger partial charge in [0.1, 0.15) is 11.7 Å². The minimum atomic E-state index is -1.53. The summed E-state index contributed by atoms with van der Waals surface area (Å²) in [6.45, 7) is 11.2. The zero-order valence-electron chi connectivity index (χ0n) is 18.2. The van der Waals surface area contributed by atoms with Gasteiger partial charge in [0.15, 0.2) is 5.78 Å². The van der Waals surface area contributed by atoms with Crippen LogP contribution in [0, 0.1) is 11.8 Å². The topological polar surface area (TPSA) is 110 Å². The van der Waals surface area contributed by atoms with Crippen LogP contribution in [0.4, 0.5) is 0 Å². The van der Waals surface area contributed by atoms with Gasteiger partial charge in [-0.2, -0.15) is 0 Å². The Labute approximate surface area is 171 Å². The van der Waals surface area contributed by atoms with E-state index in [-0.39, 0.29) is 24.2 Å². The smallest absolute Gasteiger partial charge is 0.333 e. The summed E-state index contributed by atoms with van der Waals surface area (Å²) >= 11 is 0. The Morgan fingerprint density at radius 1 is 1.28 bits per heavy atom. The van der Waals surface area contributed by atoms with E-state index in [2.05, 4.69) is 0 Å². The normalized spacial score (nSPS) is 33.3. The zero-order chi connectivity index (χ0) is 22.3. The molecule has 0 amide bonds. The fourth-order valence-electron chi connectivity index (χ4n) is 4.67. The second kappa shape index (κ2) is 8.03. The highest BCUT2D eigenvalue weighted by molar-refractivity contribution is 6.00. The number of aliphatic hydroxyl groups is 2. The number of ether oxygens (including phenoxy) is 2. The zero-order valence-corrected chi connectivity index (χ0v) is 18.2. The maximum Gasteiger partial charge on any atom is 0.333 e. The van der Waals surface area contributed by atoms with Gasteiger partial charge in [-0.05, 0) is 58.1 Å². The van der Waals surface area contributed by atoms with Crippen LogP contribution in [0.5, 0.6) is 0 Å². The van der Waals surface area contributed by atoms with Crippen molar-refractivity contribution in [3.8, 4) is 0 Å². The Morgan fingerprint density at radius 3 is 2.38 bits per heavy atom. The summed E-state index contributed by atoms with van der Waals surface area (Å²) in [6, 6.07) is 0. The number of esters is 2. The molecule has 0 saturated heterocycles. The van der Waals surface area contributed by atoms with Crippen molar-refractivity contribution in [2.45, 2.75) is 84.7 Å². The van der Waals surface area contributed by atoms with Gasteiger partial charge < -0.3 is 19.7 Å². The Morgan fingerprint density at radius 2 is 1.86 bits per heavy atom. The molecule has 5 atom stereocenters. The van der Waals surface area contributed by atoms with Crippen LogP contribution < -0.4 is 0 Å². The van der Waals surface area contributed by atoms with Crippen molar-refractivity contribution in [1.82, 2.24) is 0 Å². The third kappa shape index (κ3) is 4.16. The number of hydrogen-bond acceptors (Lipinski definition) is 7. The highest BCUT2D eigenvalue weighted by Gasteiger charge is 2.58. The summed E-state index contributed by atoms with van der Waals surface area (Å²) in [4.78, 5) is 36.6.